The molecule has 5 nitrogen and oxygen atoms in total. The summed E-state index contributed by atoms with van der Waals surface area (Å²) in [5.41, 5.74) is 0.101. The number of hydrogen-bond donors (Lipinski definition) is 2. The average molecular weight is 378 g/mol. The van der Waals surface area contributed by atoms with E-state index in [1.165, 1.54) is 4.90 Å². The molecule has 0 aromatic heterocycles. The Morgan fingerprint density at radius 1 is 1.38 bits per heavy atom. The largest absolute Gasteiger partial charge is 0.481 e. The maximum atomic E-state index is 12.3. The summed E-state index contributed by atoms with van der Waals surface area (Å²) in [6, 6.07) is 4.69. The number of hydrogen-bond acceptors (Lipinski definition) is 2. The van der Waals surface area contributed by atoms with Gasteiger partial charge in [0, 0.05) is 22.2 Å². The highest BCUT2D eigenvalue weighted by Crippen LogP contribution is 2.26. The number of aliphatic carboxylic acids is 1. The molecule has 1 aromatic carbocycles. The number of carboxylic acids is 1. The van der Waals surface area contributed by atoms with Crippen molar-refractivity contribution in [2.75, 3.05) is 11.9 Å². The Morgan fingerprint density at radius 2 is 2.00 bits per heavy atom. The number of carbonyl (C=O) groups is 2. The number of benzene rings is 1. The Labute approximate surface area is 137 Å². The Balaban J connectivity index is 2.85. The van der Waals surface area contributed by atoms with Crippen molar-refractivity contribution in [3.63, 3.8) is 0 Å². The molecule has 0 aliphatic rings. The summed E-state index contributed by atoms with van der Waals surface area (Å²) in [6.45, 7) is 5.70. The predicted octanol–water partition coefficient (Wildman–Crippen LogP) is 4.21. The van der Waals surface area contributed by atoms with E-state index in [2.05, 4.69) is 21.2 Å². The minimum absolute atomic E-state index is 0.102. The molecule has 0 spiro atoms. The van der Waals surface area contributed by atoms with Gasteiger partial charge in [-0.1, -0.05) is 11.6 Å². The molecule has 0 radical (unpaired) electrons. The molecule has 21 heavy (non-hydrogen) atoms. The van der Waals surface area contributed by atoms with Gasteiger partial charge in [0.05, 0.1) is 11.4 Å². The molecule has 0 atom stereocenters. The molecule has 0 saturated carbocycles. The lowest BCUT2D eigenvalue weighted by Gasteiger charge is -2.35. The van der Waals surface area contributed by atoms with Crippen LogP contribution in [0, 0.1) is 0 Å². The fraction of sp³-hybridized carbons (Fsp3) is 0.429. The highest BCUT2D eigenvalue weighted by molar-refractivity contribution is 9.10. The molecule has 1 aromatic rings. The molecule has 0 saturated heterocycles. The minimum atomic E-state index is -0.939. The first-order valence-corrected chi connectivity index (χ1v) is 7.54. The predicted molar refractivity (Wildman–Crippen MR) is 86.9 cm³/mol. The van der Waals surface area contributed by atoms with Crippen LogP contribution in [0.15, 0.2) is 22.7 Å². The van der Waals surface area contributed by atoms with Gasteiger partial charge in [-0.3, -0.25) is 4.79 Å². The Bertz CT molecular complexity index is 544. The number of nitrogens with one attached hydrogen (secondary N) is 1. The van der Waals surface area contributed by atoms with Crippen LogP contribution in [0.3, 0.4) is 0 Å². The van der Waals surface area contributed by atoms with Crippen LogP contribution in [0.4, 0.5) is 10.5 Å². The molecule has 0 aliphatic carbocycles. The molecule has 7 heteroatoms. The molecule has 0 heterocycles. The van der Waals surface area contributed by atoms with Crippen molar-refractivity contribution in [1.82, 2.24) is 4.90 Å². The van der Waals surface area contributed by atoms with Gasteiger partial charge in [-0.2, -0.15) is 0 Å². The molecule has 0 bridgehead atoms. The van der Waals surface area contributed by atoms with Gasteiger partial charge in [0.15, 0.2) is 0 Å². The maximum absolute atomic E-state index is 12.3. The zero-order chi connectivity index (χ0) is 16.2. The van der Waals surface area contributed by atoms with Crippen molar-refractivity contribution in [3.05, 3.63) is 27.7 Å². The van der Waals surface area contributed by atoms with Crippen LogP contribution in [0.1, 0.15) is 27.2 Å². The van der Waals surface area contributed by atoms with Gasteiger partial charge < -0.3 is 15.3 Å². The third-order valence-electron chi connectivity index (χ3n) is 2.78. The number of amides is 2. The van der Waals surface area contributed by atoms with Crippen LogP contribution in [0.5, 0.6) is 0 Å². The smallest absolute Gasteiger partial charge is 0.322 e. The highest BCUT2D eigenvalue weighted by Gasteiger charge is 2.26. The molecule has 2 amide bonds. The van der Waals surface area contributed by atoms with Gasteiger partial charge in [0.2, 0.25) is 0 Å². The summed E-state index contributed by atoms with van der Waals surface area (Å²) in [6.07, 6.45) is -0.102. The number of anilines is 1. The third kappa shape index (κ3) is 5.55. The van der Waals surface area contributed by atoms with Crippen molar-refractivity contribution in [3.8, 4) is 0 Å². The first kappa shape index (κ1) is 17.8. The van der Waals surface area contributed by atoms with Crippen LogP contribution in [-0.2, 0) is 4.79 Å². The highest BCUT2D eigenvalue weighted by atomic mass is 79.9. The van der Waals surface area contributed by atoms with Crippen LogP contribution in [0.2, 0.25) is 5.02 Å². The Hall–Kier alpha value is -1.27. The molecular formula is C14H18BrClN2O3. The summed E-state index contributed by atoms with van der Waals surface area (Å²) in [7, 11) is 0. The van der Waals surface area contributed by atoms with Gasteiger partial charge >= 0.3 is 12.0 Å². The van der Waals surface area contributed by atoms with Gasteiger partial charge in [-0.15, -0.1) is 0 Å². The van der Waals surface area contributed by atoms with Crippen molar-refractivity contribution in [2.24, 2.45) is 0 Å². The summed E-state index contributed by atoms with van der Waals surface area (Å²) < 4.78 is 0.676. The van der Waals surface area contributed by atoms with E-state index < -0.39 is 11.5 Å². The van der Waals surface area contributed by atoms with E-state index in [4.69, 9.17) is 16.7 Å². The standard InChI is InChI=1S/C14H18BrClN2O3/c1-14(2,3)18(7-6-12(19)20)13(21)17-9-4-5-11(16)10(15)8-9/h4-5,8H,6-7H2,1-3H3,(H,17,21)(H,19,20). The fourth-order valence-corrected chi connectivity index (χ4v) is 2.21. The van der Waals surface area contributed by atoms with Crippen molar-refractivity contribution >= 4 is 45.2 Å². The van der Waals surface area contributed by atoms with Crippen molar-refractivity contribution < 1.29 is 14.7 Å². The van der Waals surface area contributed by atoms with Crippen LogP contribution in [0.25, 0.3) is 0 Å². The van der Waals surface area contributed by atoms with Crippen molar-refractivity contribution in [2.45, 2.75) is 32.7 Å². The molecule has 2 N–H and O–H groups in total. The lowest BCUT2D eigenvalue weighted by molar-refractivity contribution is -0.137. The lowest BCUT2D eigenvalue weighted by Crippen LogP contribution is -2.48. The second-order valence-corrected chi connectivity index (χ2v) is 6.79. The third-order valence-corrected chi connectivity index (χ3v) is 3.99. The number of carboxylic acid groups (broad SMARTS) is 1. The lowest BCUT2D eigenvalue weighted by atomic mass is 10.1. The molecule has 116 valence electrons. The first-order chi connectivity index (χ1) is 9.61. The summed E-state index contributed by atoms with van der Waals surface area (Å²) in [5, 5.41) is 12.1. The second-order valence-electron chi connectivity index (χ2n) is 5.53. The SMILES string of the molecule is CC(C)(C)N(CCC(=O)O)C(=O)Nc1ccc(Cl)c(Br)c1. The van der Waals surface area contributed by atoms with E-state index in [-0.39, 0.29) is 19.0 Å². The van der Waals surface area contributed by atoms with Gasteiger partial charge in [-0.25, -0.2) is 4.79 Å². The second kappa shape index (κ2) is 7.13. The van der Waals surface area contributed by atoms with E-state index in [1.54, 1.807) is 18.2 Å². The van der Waals surface area contributed by atoms with Crippen molar-refractivity contribution in [1.29, 1.82) is 0 Å². The summed E-state index contributed by atoms with van der Waals surface area (Å²) in [5.74, 6) is -0.939. The average Bonchev–Trinajstić information content (AvgIpc) is 2.32. The number of carbonyl (C=O) groups excluding carboxylic acids is 1. The van der Waals surface area contributed by atoms with E-state index >= 15 is 0 Å². The van der Waals surface area contributed by atoms with Crippen LogP contribution >= 0.6 is 27.5 Å². The Kier molecular flexibility index (Phi) is 6.04. The van der Waals surface area contributed by atoms with Gasteiger partial charge in [-0.05, 0) is 54.9 Å². The van der Waals surface area contributed by atoms with Crippen LogP contribution in [-0.4, -0.2) is 34.1 Å². The number of rotatable bonds is 4. The fourth-order valence-electron chi connectivity index (χ4n) is 1.71. The van der Waals surface area contributed by atoms with Crippen LogP contribution < -0.4 is 5.32 Å². The van der Waals surface area contributed by atoms with E-state index in [9.17, 15) is 9.59 Å². The van der Waals surface area contributed by atoms with Gasteiger partial charge in [0.1, 0.15) is 0 Å². The molecule has 0 aliphatic heterocycles. The summed E-state index contributed by atoms with van der Waals surface area (Å²) in [4.78, 5) is 24.5. The number of nitrogens with zero attached hydrogens (tertiary/aromatic N) is 1. The molecule has 1 rings (SSSR count). The Morgan fingerprint density at radius 3 is 2.48 bits per heavy atom. The molecular weight excluding hydrogens is 360 g/mol. The summed E-state index contributed by atoms with van der Waals surface area (Å²) >= 11 is 9.19. The van der Waals surface area contributed by atoms with Gasteiger partial charge in [0.25, 0.3) is 0 Å². The quantitative estimate of drug-likeness (QED) is 0.826. The molecule has 0 unspecified atom stereocenters. The topological polar surface area (TPSA) is 69.6 Å². The van der Waals surface area contributed by atoms with E-state index in [0.717, 1.165) is 0 Å². The van der Waals surface area contributed by atoms with E-state index in [0.29, 0.717) is 15.2 Å². The first-order valence-electron chi connectivity index (χ1n) is 6.36. The minimum Gasteiger partial charge on any atom is -0.481 e. The van der Waals surface area contributed by atoms with E-state index in [1.807, 2.05) is 20.8 Å². The normalized spacial score (nSPS) is 11.1. The number of halogens is 2. The zero-order valence-electron chi connectivity index (χ0n) is 12.1. The monoisotopic (exact) mass is 376 g/mol. The maximum Gasteiger partial charge on any atom is 0.322 e. The molecule has 0 fully saturated rings. The zero-order valence-corrected chi connectivity index (χ0v) is 14.5. The number of urea groups is 1.